The molecule has 0 spiro atoms. The molecule has 0 radical (unpaired) electrons. The SMILES string of the molecule is CCN(CC)CCCNC(=O)CCC(=O)c1ccc2c(c1)N(C)C(=O)C(C)O2. The topological polar surface area (TPSA) is 79.0 Å². The molecule has 2 rings (SSSR count). The summed E-state index contributed by atoms with van der Waals surface area (Å²) in [6.07, 6.45) is 0.647. The lowest BCUT2D eigenvalue weighted by molar-refractivity contribution is -0.125. The summed E-state index contributed by atoms with van der Waals surface area (Å²) in [6, 6.07) is 5.04. The maximum atomic E-state index is 12.5. The van der Waals surface area contributed by atoms with Crippen molar-refractivity contribution in [3.05, 3.63) is 23.8 Å². The number of likely N-dealkylation sites (N-methyl/N-ethyl adjacent to an activating group) is 1. The van der Waals surface area contributed by atoms with Crippen molar-refractivity contribution in [3.63, 3.8) is 0 Å². The fourth-order valence-corrected chi connectivity index (χ4v) is 3.21. The van der Waals surface area contributed by atoms with E-state index in [1.807, 2.05) is 0 Å². The Kier molecular flexibility index (Phi) is 7.99. The number of carbonyl (C=O) groups excluding carboxylic acids is 3. The second-order valence-corrected chi connectivity index (χ2v) is 6.99. The summed E-state index contributed by atoms with van der Waals surface area (Å²) >= 11 is 0. The Hall–Kier alpha value is -2.41. The average molecular weight is 389 g/mol. The number of amides is 2. The van der Waals surface area contributed by atoms with E-state index in [-0.39, 0.29) is 30.4 Å². The van der Waals surface area contributed by atoms with Gasteiger partial charge in [0.2, 0.25) is 5.91 Å². The van der Waals surface area contributed by atoms with Crippen molar-refractivity contribution in [1.29, 1.82) is 0 Å². The Morgan fingerprint density at radius 2 is 1.93 bits per heavy atom. The molecule has 1 unspecified atom stereocenters. The van der Waals surface area contributed by atoms with E-state index >= 15 is 0 Å². The van der Waals surface area contributed by atoms with Crippen LogP contribution in [0.1, 0.15) is 50.4 Å². The van der Waals surface area contributed by atoms with Gasteiger partial charge in [0.15, 0.2) is 11.9 Å². The van der Waals surface area contributed by atoms with Gasteiger partial charge >= 0.3 is 0 Å². The zero-order valence-corrected chi connectivity index (χ0v) is 17.3. The first-order valence-electron chi connectivity index (χ1n) is 9.97. The number of benzene rings is 1. The van der Waals surface area contributed by atoms with E-state index in [1.165, 1.54) is 4.90 Å². The third kappa shape index (κ3) is 5.55. The molecule has 0 saturated heterocycles. The van der Waals surface area contributed by atoms with E-state index < -0.39 is 6.10 Å². The molecule has 1 heterocycles. The van der Waals surface area contributed by atoms with Crippen LogP contribution in [0.3, 0.4) is 0 Å². The monoisotopic (exact) mass is 389 g/mol. The summed E-state index contributed by atoms with van der Waals surface area (Å²) in [7, 11) is 1.67. The van der Waals surface area contributed by atoms with Crippen molar-refractivity contribution in [2.45, 2.75) is 46.1 Å². The Morgan fingerprint density at radius 3 is 2.61 bits per heavy atom. The van der Waals surface area contributed by atoms with Gasteiger partial charge in [-0.3, -0.25) is 14.4 Å². The number of fused-ring (bicyclic) bond motifs is 1. The maximum absolute atomic E-state index is 12.5. The highest BCUT2D eigenvalue weighted by molar-refractivity contribution is 6.03. The fourth-order valence-electron chi connectivity index (χ4n) is 3.21. The van der Waals surface area contributed by atoms with E-state index in [1.54, 1.807) is 32.2 Å². The number of hydrogen-bond donors (Lipinski definition) is 1. The van der Waals surface area contributed by atoms with E-state index in [0.29, 0.717) is 23.5 Å². The standard InChI is InChI=1S/C21H31N3O4/c1-5-24(6-2)13-7-12-22-20(26)11-9-18(25)16-8-10-19-17(14-16)23(4)21(27)15(3)28-19/h8,10,14-15H,5-7,9,11-13H2,1-4H3,(H,22,26). The second-order valence-electron chi connectivity index (χ2n) is 6.99. The van der Waals surface area contributed by atoms with E-state index in [2.05, 4.69) is 24.1 Å². The third-order valence-electron chi connectivity index (χ3n) is 5.07. The highest BCUT2D eigenvalue weighted by Crippen LogP contribution is 2.34. The number of carbonyl (C=O) groups is 3. The number of rotatable bonds is 10. The van der Waals surface area contributed by atoms with Crippen LogP contribution in [-0.2, 0) is 9.59 Å². The molecule has 28 heavy (non-hydrogen) atoms. The van der Waals surface area contributed by atoms with Gasteiger partial charge in [0, 0.05) is 32.0 Å². The van der Waals surface area contributed by atoms with E-state index in [0.717, 1.165) is 26.1 Å². The van der Waals surface area contributed by atoms with Gasteiger partial charge in [-0.05, 0) is 51.2 Å². The minimum absolute atomic E-state index is 0.115. The number of nitrogens with one attached hydrogen (secondary N) is 1. The molecule has 1 aromatic rings. The Labute approximate surface area is 167 Å². The predicted octanol–water partition coefficient (Wildman–Crippen LogP) is 2.24. The molecular formula is C21H31N3O4. The van der Waals surface area contributed by atoms with Crippen molar-refractivity contribution in [1.82, 2.24) is 10.2 Å². The zero-order valence-electron chi connectivity index (χ0n) is 17.3. The summed E-state index contributed by atoms with van der Waals surface area (Å²) in [5, 5.41) is 2.87. The Balaban J connectivity index is 1.82. The maximum Gasteiger partial charge on any atom is 0.267 e. The summed E-state index contributed by atoms with van der Waals surface area (Å²) in [5.74, 6) is 0.189. The minimum Gasteiger partial charge on any atom is -0.479 e. The summed E-state index contributed by atoms with van der Waals surface area (Å²) < 4.78 is 5.57. The van der Waals surface area contributed by atoms with Crippen LogP contribution < -0.4 is 15.0 Å². The van der Waals surface area contributed by atoms with Crippen molar-refractivity contribution >= 4 is 23.3 Å². The van der Waals surface area contributed by atoms with Gasteiger partial charge < -0.3 is 19.9 Å². The smallest absolute Gasteiger partial charge is 0.267 e. The van der Waals surface area contributed by atoms with Gasteiger partial charge in [0.25, 0.3) is 5.91 Å². The largest absolute Gasteiger partial charge is 0.479 e. The molecule has 0 aliphatic carbocycles. The van der Waals surface area contributed by atoms with Crippen molar-refractivity contribution < 1.29 is 19.1 Å². The first kappa shape index (κ1) is 21.9. The van der Waals surface area contributed by atoms with Gasteiger partial charge in [0.1, 0.15) is 5.75 Å². The molecule has 7 heteroatoms. The van der Waals surface area contributed by atoms with Crippen LogP contribution in [0.4, 0.5) is 5.69 Å². The quantitative estimate of drug-likeness (QED) is 0.490. The van der Waals surface area contributed by atoms with Crippen LogP contribution in [0.25, 0.3) is 0 Å². The summed E-state index contributed by atoms with van der Waals surface area (Å²) in [4.78, 5) is 40.3. The molecule has 1 aliphatic heterocycles. The molecule has 0 aromatic heterocycles. The lowest BCUT2D eigenvalue weighted by Crippen LogP contribution is -2.42. The normalized spacial score (nSPS) is 16.0. The van der Waals surface area contributed by atoms with Crippen molar-refractivity contribution in [2.75, 3.05) is 38.1 Å². The van der Waals surface area contributed by atoms with Gasteiger partial charge in [-0.1, -0.05) is 13.8 Å². The van der Waals surface area contributed by atoms with Gasteiger partial charge in [-0.25, -0.2) is 0 Å². The highest BCUT2D eigenvalue weighted by atomic mass is 16.5. The van der Waals surface area contributed by atoms with Crippen LogP contribution in [0.2, 0.25) is 0 Å². The molecule has 1 atom stereocenters. The zero-order chi connectivity index (χ0) is 20.7. The number of ether oxygens (including phenoxy) is 1. The second kappa shape index (κ2) is 10.2. The molecule has 1 aromatic carbocycles. The molecule has 1 aliphatic rings. The van der Waals surface area contributed by atoms with Gasteiger partial charge in [-0.15, -0.1) is 0 Å². The van der Waals surface area contributed by atoms with Gasteiger partial charge in [0.05, 0.1) is 5.69 Å². The lowest BCUT2D eigenvalue weighted by Gasteiger charge is -2.30. The first-order chi connectivity index (χ1) is 13.4. The molecule has 1 N–H and O–H groups in total. The van der Waals surface area contributed by atoms with Crippen molar-refractivity contribution in [2.24, 2.45) is 0 Å². The average Bonchev–Trinajstić information content (AvgIpc) is 2.70. The molecule has 154 valence electrons. The minimum atomic E-state index is -0.538. The molecule has 2 amide bonds. The molecule has 7 nitrogen and oxygen atoms in total. The molecular weight excluding hydrogens is 358 g/mol. The number of anilines is 1. The molecule has 0 bridgehead atoms. The Morgan fingerprint density at radius 1 is 1.21 bits per heavy atom. The third-order valence-corrected chi connectivity index (χ3v) is 5.07. The number of nitrogens with zero attached hydrogens (tertiary/aromatic N) is 2. The molecule has 0 fully saturated rings. The number of hydrogen-bond acceptors (Lipinski definition) is 5. The number of ketones is 1. The van der Waals surface area contributed by atoms with Crippen LogP contribution in [-0.4, -0.2) is 61.8 Å². The number of Topliss-reactive ketones (excluding diaryl/α,β-unsaturated/α-hetero) is 1. The Bertz CT molecular complexity index is 716. The predicted molar refractivity (Wildman–Crippen MR) is 109 cm³/mol. The lowest BCUT2D eigenvalue weighted by atomic mass is 10.0. The van der Waals surface area contributed by atoms with E-state index in [4.69, 9.17) is 4.74 Å². The van der Waals surface area contributed by atoms with E-state index in [9.17, 15) is 14.4 Å². The van der Waals surface area contributed by atoms with Crippen LogP contribution in [0, 0.1) is 0 Å². The fraction of sp³-hybridized carbons (Fsp3) is 0.571. The summed E-state index contributed by atoms with van der Waals surface area (Å²) in [6.45, 7) is 9.51. The van der Waals surface area contributed by atoms with Crippen molar-refractivity contribution in [3.8, 4) is 5.75 Å². The highest BCUT2D eigenvalue weighted by Gasteiger charge is 2.29. The molecule has 0 saturated carbocycles. The van der Waals surface area contributed by atoms with Crippen LogP contribution >= 0.6 is 0 Å². The van der Waals surface area contributed by atoms with Crippen LogP contribution in [0.15, 0.2) is 18.2 Å². The first-order valence-corrected chi connectivity index (χ1v) is 9.97. The summed E-state index contributed by atoms with van der Waals surface area (Å²) in [5.41, 5.74) is 1.06. The van der Waals surface area contributed by atoms with Crippen LogP contribution in [0.5, 0.6) is 5.75 Å². The van der Waals surface area contributed by atoms with Gasteiger partial charge in [-0.2, -0.15) is 0 Å².